The van der Waals surface area contributed by atoms with Gasteiger partial charge in [0, 0.05) is 6.04 Å². The highest BCUT2D eigenvalue weighted by Gasteiger charge is 2.08. The predicted molar refractivity (Wildman–Crippen MR) is 66.7 cm³/mol. The number of aryl methyl sites for hydroxylation is 3. The molecule has 1 unspecified atom stereocenters. The molecule has 0 bridgehead atoms. The molecule has 1 aromatic rings. The summed E-state index contributed by atoms with van der Waals surface area (Å²) in [7, 11) is 0. The first kappa shape index (κ1) is 14.4. The lowest BCUT2D eigenvalue weighted by Crippen LogP contribution is -2.27. The molecule has 0 aliphatic rings. The van der Waals surface area contributed by atoms with Crippen LogP contribution in [0.15, 0.2) is 12.1 Å². The molecule has 0 aromatic heterocycles. The maximum absolute atomic E-state index is 8.91. The van der Waals surface area contributed by atoms with Gasteiger partial charge in [-0.05, 0) is 43.9 Å². The Balaban J connectivity index is 0.00000196. The van der Waals surface area contributed by atoms with E-state index in [0.29, 0.717) is 0 Å². The minimum atomic E-state index is -0.143. The van der Waals surface area contributed by atoms with E-state index >= 15 is 0 Å². The van der Waals surface area contributed by atoms with Gasteiger partial charge in [-0.2, -0.15) is 0 Å². The van der Waals surface area contributed by atoms with Crippen molar-refractivity contribution in [3.8, 4) is 0 Å². The standard InChI is InChI=1S/C12H19NO.ClH/c1-8-4-9(2)12(10(3)5-8)6-11(13)7-14;/h4-5,11,14H,6-7,13H2,1-3H3;1H. The van der Waals surface area contributed by atoms with Gasteiger partial charge in [0.15, 0.2) is 0 Å². The Kier molecular flexibility index (Phi) is 5.88. The molecule has 1 aromatic carbocycles. The molecule has 0 saturated heterocycles. The van der Waals surface area contributed by atoms with E-state index in [4.69, 9.17) is 10.8 Å². The quantitative estimate of drug-likeness (QED) is 0.832. The van der Waals surface area contributed by atoms with Crippen molar-refractivity contribution in [1.29, 1.82) is 0 Å². The fourth-order valence-electron chi connectivity index (χ4n) is 1.86. The van der Waals surface area contributed by atoms with Crippen molar-refractivity contribution in [2.24, 2.45) is 5.73 Å². The zero-order valence-electron chi connectivity index (χ0n) is 9.58. The molecule has 86 valence electrons. The molecule has 0 aliphatic heterocycles. The van der Waals surface area contributed by atoms with Gasteiger partial charge in [0.1, 0.15) is 0 Å². The first-order chi connectivity index (χ1) is 6.54. The van der Waals surface area contributed by atoms with Gasteiger partial charge in [-0.1, -0.05) is 17.7 Å². The van der Waals surface area contributed by atoms with Crippen molar-refractivity contribution in [2.75, 3.05) is 6.61 Å². The molecule has 3 heteroatoms. The summed E-state index contributed by atoms with van der Waals surface area (Å²) in [6.07, 6.45) is 0.758. The summed E-state index contributed by atoms with van der Waals surface area (Å²) in [5.41, 5.74) is 10.8. The van der Waals surface area contributed by atoms with Crippen LogP contribution in [0, 0.1) is 20.8 Å². The van der Waals surface area contributed by atoms with Crippen LogP contribution in [0.25, 0.3) is 0 Å². The predicted octanol–water partition coefficient (Wildman–Crippen LogP) is 1.90. The average molecular weight is 230 g/mol. The SMILES string of the molecule is Cc1cc(C)c(CC(N)CO)c(C)c1.Cl. The third-order valence-electron chi connectivity index (χ3n) is 2.54. The topological polar surface area (TPSA) is 46.2 Å². The third-order valence-corrected chi connectivity index (χ3v) is 2.54. The third kappa shape index (κ3) is 3.82. The van der Waals surface area contributed by atoms with E-state index in [1.54, 1.807) is 0 Å². The van der Waals surface area contributed by atoms with Crippen LogP contribution in [0.4, 0.5) is 0 Å². The highest BCUT2D eigenvalue weighted by atomic mass is 35.5. The zero-order valence-corrected chi connectivity index (χ0v) is 10.4. The van der Waals surface area contributed by atoms with E-state index in [-0.39, 0.29) is 25.1 Å². The van der Waals surface area contributed by atoms with E-state index in [9.17, 15) is 0 Å². The van der Waals surface area contributed by atoms with Crippen molar-refractivity contribution < 1.29 is 5.11 Å². The fraction of sp³-hybridized carbons (Fsp3) is 0.500. The van der Waals surface area contributed by atoms with Gasteiger partial charge in [-0.3, -0.25) is 0 Å². The van der Waals surface area contributed by atoms with E-state index in [0.717, 1.165) is 6.42 Å². The number of halogens is 1. The molecule has 3 N–H and O–H groups in total. The molecule has 2 nitrogen and oxygen atoms in total. The van der Waals surface area contributed by atoms with Crippen LogP contribution < -0.4 is 5.73 Å². The number of benzene rings is 1. The van der Waals surface area contributed by atoms with E-state index < -0.39 is 0 Å². The van der Waals surface area contributed by atoms with E-state index in [2.05, 4.69) is 32.9 Å². The number of hydrogen-bond acceptors (Lipinski definition) is 2. The smallest absolute Gasteiger partial charge is 0.0585 e. The lowest BCUT2D eigenvalue weighted by atomic mass is 9.95. The lowest BCUT2D eigenvalue weighted by Gasteiger charge is -2.14. The van der Waals surface area contributed by atoms with Crippen molar-refractivity contribution in [1.82, 2.24) is 0 Å². The van der Waals surface area contributed by atoms with Crippen LogP contribution in [0.1, 0.15) is 22.3 Å². The van der Waals surface area contributed by atoms with Crippen LogP contribution in [0.3, 0.4) is 0 Å². The first-order valence-electron chi connectivity index (χ1n) is 4.97. The van der Waals surface area contributed by atoms with Crippen LogP contribution in [-0.4, -0.2) is 17.8 Å². The fourth-order valence-corrected chi connectivity index (χ4v) is 1.86. The Morgan fingerprint density at radius 1 is 1.20 bits per heavy atom. The molecule has 0 spiro atoms. The molecule has 1 atom stereocenters. The summed E-state index contributed by atoms with van der Waals surface area (Å²) in [5, 5.41) is 8.91. The van der Waals surface area contributed by atoms with Gasteiger partial charge in [0.05, 0.1) is 6.61 Å². The van der Waals surface area contributed by atoms with Crippen molar-refractivity contribution in [3.63, 3.8) is 0 Å². The highest BCUT2D eigenvalue weighted by molar-refractivity contribution is 5.85. The van der Waals surface area contributed by atoms with Crippen LogP contribution in [-0.2, 0) is 6.42 Å². The second-order valence-electron chi connectivity index (χ2n) is 4.02. The van der Waals surface area contributed by atoms with Gasteiger partial charge in [0.25, 0.3) is 0 Å². The summed E-state index contributed by atoms with van der Waals surface area (Å²) in [6.45, 7) is 6.33. The normalized spacial score (nSPS) is 12.1. The van der Waals surface area contributed by atoms with Crippen molar-refractivity contribution in [2.45, 2.75) is 33.2 Å². The number of rotatable bonds is 3. The van der Waals surface area contributed by atoms with Gasteiger partial charge < -0.3 is 10.8 Å². The number of aliphatic hydroxyl groups is 1. The molecule has 1 rings (SSSR count). The molecule has 0 radical (unpaired) electrons. The van der Waals surface area contributed by atoms with Gasteiger partial charge >= 0.3 is 0 Å². The molecule has 0 heterocycles. The minimum absolute atomic E-state index is 0. The molecule has 0 aliphatic carbocycles. The Bertz CT molecular complexity index is 302. The number of nitrogens with two attached hydrogens (primary N) is 1. The minimum Gasteiger partial charge on any atom is -0.395 e. The first-order valence-corrected chi connectivity index (χ1v) is 4.97. The second-order valence-corrected chi connectivity index (χ2v) is 4.02. The Morgan fingerprint density at radius 2 is 1.67 bits per heavy atom. The summed E-state index contributed by atoms with van der Waals surface area (Å²) >= 11 is 0. The van der Waals surface area contributed by atoms with Crippen LogP contribution in [0.2, 0.25) is 0 Å². The Morgan fingerprint density at radius 3 is 2.07 bits per heavy atom. The highest BCUT2D eigenvalue weighted by Crippen LogP contribution is 2.17. The summed E-state index contributed by atoms with van der Waals surface area (Å²) in [5.74, 6) is 0. The van der Waals surface area contributed by atoms with Crippen LogP contribution in [0.5, 0.6) is 0 Å². The summed E-state index contributed by atoms with van der Waals surface area (Å²) in [6, 6.07) is 4.17. The van der Waals surface area contributed by atoms with Gasteiger partial charge in [-0.15, -0.1) is 12.4 Å². The number of hydrogen-bond donors (Lipinski definition) is 2. The van der Waals surface area contributed by atoms with Gasteiger partial charge in [-0.25, -0.2) is 0 Å². The van der Waals surface area contributed by atoms with Crippen molar-refractivity contribution in [3.05, 3.63) is 34.4 Å². The molecule has 0 saturated carbocycles. The maximum Gasteiger partial charge on any atom is 0.0585 e. The largest absolute Gasteiger partial charge is 0.395 e. The van der Waals surface area contributed by atoms with Crippen molar-refractivity contribution >= 4 is 12.4 Å². The molecule has 0 amide bonds. The molecular formula is C12H20ClNO. The van der Waals surface area contributed by atoms with Gasteiger partial charge in [0.2, 0.25) is 0 Å². The zero-order chi connectivity index (χ0) is 10.7. The molecule has 0 fully saturated rings. The lowest BCUT2D eigenvalue weighted by molar-refractivity contribution is 0.265. The Hall–Kier alpha value is -0.570. The van der Waals surface area contributed by atoms with E-state index in [1.807, 2.05) is 0 Å². The molecular weight excluding hydrogens is 210 g/mol. The van der Waals surface area contributed by atoms with Crippen LogP contribution >= 0.6 is 12.4 Å². The monoisotopic (exact) mass is 229 g/mol. The average Bonchev–Trinajstić information content (AvgIpc) is 2.10. The Labute approximate surface area is 97.9 Å². The molecule has 15 heavy (non-hydrogen) atoms. The number of aliphatic hydroxyl groups excluding tert-OH is 1. The van der Waals surface area contributed by atoms with E-state index in [1.165, 1.54) is 22.3 Å². The summed E-state index contributed by atoms with van der Waals surface area (Å²) < 4.78 is 0. The maximum atomic E-state index is 8.91. The second kappa shape index (κ2) is 6.11. The summed E-state index contributed by atoms with van der Waals surface area (Å²) in [4.78, 5) is 0.